The monoisotopic (exact) mass is 480 g/mol. The molecule has 1 saturated carbocycles. The number of aromatic nitrogens is 2. The standard InChI is InChI=1S/C21H28N4O5S2/c1-14-20(15(2)25(22-14)18-10-11-31(27,28)13-18)12-24(3)21(26)16-4-8-19(9-5-16)32(29,30)23-17-6-7-17/h4-5,8-9,17-18,23H,6-7,10-13H2,1-3H3. The average Bonchev–Trinajstić information content (AvgIpc) is 3.40. The normalized spacial score (nSPS) is 20.4. The molecule has 0 radical (unpaired) electrons. The Morgan fingerprint density at radius 3 is 2.41 bits per heavy atom. The van der Waals surface area contributed by atoms with Crippen molar-refractivity contribution in [3.8, 4) is 0 Å². The first-order valence-electron chi connectivity index (χ1n) is 10.6. The third-order valence-corrected chi connectivity index (χ3v) is 9.37. The highest BCUT2D eigenvalue weighted by Gasteiger charge is 2.32. The van der Waals surface area contributed by atoms with Crippen LogP contribution in [-0.2, 0) is 26.4 Å². The SMILES string of the molecule is Cc1nn(C2CCS(=O)(=O)C2)c(C)c1CN(C)C(=O)c1ccc(S(=O)(=O)NC2CC2)cc1. The maximum atomic E-state index is 12.9. The quantitative estimate of drug-likeness (QED) is 0.643. The predicted octanol–water partition coefficient (Wildman–Crippen LogP) is 1.57. The van der Waals surface area contributed by atoms with Crippen molar-refractivity contribution >= 4 is 25.8 Å². The highest BCUT2D eigenvalue weighted by Crippen LogP contribution is 2.27. The minimum atomic E-state index is -3.56. The van der Waals surface area contributed by atoms with Gasteiger partial charge in [0.25, 0.3) is 5.91 Å². The zero-order valence-corrected chi connectivity index (χ0v) is 20.0. The van der Waals surface area contributed by atoms with Gasteiger partial charge in [0.2, 0.25) is 10.0 Å². The molecule has 0 spiro atoms. The number of hydrogen-bond donors (Lipinski definition) is 1. The summed E-state index contributed by atoms with van der Waals surface area (Å²) < 4.78 is 52.7. The Morgan fingerprint density at radius 1 is 1.19 bits per heavy atom. The number of sulfone groups is 1. The molecule has 1 N–H and O–H groups in total. The molecule has 1 aliphatic heterocycles. The van der Waals surface area contributed by atoms with E-state index < -0.39 is 19.9 Å². The van der Waals surface area contributed by atoms with Crippen LogP contribution in [0.3, 0.4) is 0 Å². The lowest BCUT2D eigenvalue weighted by Crippen LogP contribution is -2.27. The van der Waals surface area contributed by atoms with E-state index in [1.807, 2.05) is 13.8 Å². The summed E-state index contributed by atoms with van der Waals surface area (Å²) in [5, 5.41) is 4.55. The number of nitrogens with one attached hydrogen (secondary N) is 1. The lowest BCUT2D eigenvalue weighted by molar-refractivity contribution is 0.0784. The fourth-order valence-electron chi connectivity index (χ4n) is 4.04. The van der Waals surface area contributed by atoms with Crippen molar-refractivity contribution in [3.05, 3.63) is 46.8 Å². The molecule has 1 aromatic carbocycles. The Morgan fingerprint density at radius 2 is 1.84 bits per heavy atom. The van der Waals surface area contributed by atoms with Gasteiger partial charge in [0.05, 0.1) is 28.1 Å². The highest BCUT2D eigenvalue weighted by molar-refractivity contribution is 7.91. The molecule has 9 nitrogen and oxygen atoms in total. The van der Waals surface area contributed by atoms with Gasteiger partial charge in [-0.25, -0.2) is 21.6 Å². The van der Waals surface area contributed by atoms with E-state index in [0.717, 1.165) is 29.8 Å². The molecule has 1 atom stereocenters. The summed E-state index contributed by atoms with van der Waals surface area (Å²) in [6, 6.07) is 5.78. The van der Waals surface area contributed by atoms with Crippen molar-refractivity contribution in [2.45, 2.75) is 56.6 Å². The van der Waals surface area contributed by atoms with Crippen molar-refractivity contribution in [3.63, 3.8) is 0 Å². The molecule has 4 rings (SSSR count). The number of hydrogen-bond acceptors (Lipinski definition) is 6. The van der Waals surface area contributed by atoms with Crippen LogP contribution in [0.2, 0.25) is 0 Å². The number of nitrogens with zero attached hydrogens (tertiary/aromatic N) is 3. The van der Waals surface area contributed by atoms with E-state index in [9.17, 15) is 21.6 Å². The number of carbonyl (C=O) groups is 1. The van der Waals surface area contributed by atoms with Crippen LogP contribution in [0.1, 0.15) is 52.6 Å². The maximum Gasteiger partial charge on any atom is 0.253 e. The highest BCUT2D eigenvalue weighted by atomic mass is 32.2. The third-order valence-electron chi connectivity index (χ3n) is 6.08. The third kappa shape index (κ3) is 4.74. The summed E-state index contributed by atoms with van der Waals surface area (Å²) in [6.07, 6.45) is 2.25. The second-order valence-corrected chi connectivity index (χ2v) is 12.7. The number of amides is 1. The Bertz CT molecular complexity index is 1250. The van der Waals surface area contributed by atoms with Gasteiger partial charge in [-0.3, -0.25) is 9.48 Å². The van der Waals surface area contributed by atoms with Crippen LogP contribution in [0.25, 0.3) is 0 Å². The lowest BCUT2D eigenvalue weighted by atomic mass is 10.1. The topological polar surface area (TPSA) is 118 Å². The second-order valence-electron chi connectivity index (χ2n) is 8.73. The Balaban J connectivity index is 1.47. The van der Waals surface area contributed by atoms with Gasteiger partial charge in [-0.2, -0.15) is 5.10 Å². The van der Waals surface area contributed by atoms with E-state index in [-0.39, 0.29) is 34.4 Å². The summed E-state index contributed by atoms with van der Waals surface area (Å²) in [4.78, 5) is 14.6. The van der Waals surface area contributed by atoms with E-state index in [1.54, 1.807) is 16.6 Å². The van der Waals surface area contributed by atoms with Crippen molar-refractivity contribution < 1.29 is 21.6 Å². The van der Waals surface area contributed by atoms with E-state index in [4.69, 9.17) is 0 Å². The molecular weight excluding hydrogens is 452 g/mol. The largest absolute Gasteiger partial charge is 0.337 e. The Labute approximate surface area is 188 Å². The van der Waals surface area contributed by atoms with Crippen LogP contribution in [0.15, 0.2) is 29.2 Å². The van der Waals surface area contributed by atoms with Gasteiger partial charge in [0.15, 0.2) is 9.84 Å². The smallest absolute Gasteiger partial charge is 0.253 e. The van der Waals surface area contributed by atoms with E-state index in [0.29, 0.717) is 18.5 Å². The molecule has 1 saturated heterocycles. The fourth-order valence-corrected chi connectivity index (χ4v) is 7.04. The first-order chi connectivity index (χ1) is 15.0. The zero-order valence-electron chi connectivity index (χ0n) is 18.4. The summed E-state index contributed by atoms with van der Waals surface area (Å²) in [5.41, 5.74) is 2.90. The molecule has 2 fully saturated rings. The minimum absolute atomic E-state index is 0.0178. The maximum absolute atomic E-state index is 12.9. The molecule has 2 heterocycles. The van der Waals surface area contributed by atoms with Gasteiger partial charge in [-0.1, -0.05) is 0 Å². The summed E-state index contributed by atoms with van der Waals surface area (Å²) in [7, 11) is -4.91. The first-order valence-corrected chi connectivity index (χ1v) is 13.9. The summed E-state index contributed by atoms with van der Waals surface area (Å²) in [6.45, 7) is 4.07. The van der Waals surface area contributed by atoms with E-state index in [2.05, 4.69) is 9.82 Å². The summed E-state index contributed by atoms with van der Waals surface area (Å²) in [5.74, 6) is 0.0266. The molecule has 32 heavy (non-hydrogen) atoms. The van der Waals surface area contributed by atoms with Gasteiger partial charge in [0, 0.05) is 36.5 Å². The number of sulfonamides is 1. The molecule has 2 aliphatic rings. The second kappa shape index (κ2) is 8.27. The number of carbonyl (C=O) groups excluding carboxylic acids is 1. The van der Waals surface area contributed by atoms with Gasteiger partial charge in [-0.15, -0.1) is 0 Å². The first kappa shape index (κ1) is 22.9. The average molecular weight is 481 g/mol. The molecule has 1 amide bonds. The lowest BCUT2D eigenvalue weighted by Gasteiger charge is -2.18. The van der Waals surface area contributed by atoms with Crippen LogP contribution in [0.5, 0.6) is 0 Å². The van der Waals surface area contributed by atoms with Crippen LogP contribution in [-0.4, -0.2) is 62.0 Å². The molecule has 1 unspecified atom stereocenters. The van der Waals surface area contributed by atoms with Crippen LogP contribution in [0, 0.1) is 13.8 Å². The summed E-state index contributed by atoms with van der Waals surface area (Å²) >= 11 is 0. The molecule has 11 heteroatoms. The zero-order chi connectivity index (χ0) is 23.3. The number of rotatable bonds is 7. The molecule has 2 aromatic rings. The predicted molar refractivity (Wildman–Crippen MR) is 120 cm³/mol. The van der Waals surface area contributed by atoms with Crippen LogP contribution in [0.4, 0.5) is 0 Å². The Kier molecular flexibility index (Phi) is 5.93. The minimum Gasteiger partial charge on any atom is -0.337 e. The fraction of sp³-hybridized carbons (Fsp3) is 0.524. The molecule has 1 aromatic heterocycles. The number of benzene rings is 1. The van der Waals surface area contributed by atoms with E-state index in [1.165, 1.54) is 24.3 Å². The Hall–Kier alpha value is -2.24. The molecule has 0 bridgehead atoms. The molecular formula is C21H28N4O5S2. The van der Waals surface area contributed by atoms with Crippen molar-refractivity contribution in [1.29, 1.82) is 0 Å². The van der Waals surface area contributed by atoms with Crippen molar-refractivity contribution in [2.75, 3.05) is 18.6 Å². The van der Waals surface area contributed by atoms with Crippen LogP contribution >= 0.6 is 0 Å². The van der Waals surface area contributed by atoms with Gasteiger partial charge in [-0.05, 0) is 57.4 Å². The molecule has 174 valence electrons. The number of aryl methyl sites for hydroxylation is 1. The van der Waals surface area contributed by atoms with Crippen molar-refractivity contribution in [1.82, 2.24) is 19.4 Å². The van der Waals surface area contributed by atoms with E-state index >= 15 is 0 Å². The van der Waals surface area contributed by atoms with Crippen molar-refractivity contribution in [2.24, 2.45) is 0 Å². The van der Waals surface area contributed by atoms with Crippen LogP contribution < -0.4 is 4.72 Å². The van der Waals surface area contributed by atoms with Gasteiger partial charge in [0.1, 0.15) is 0 Å². The van der Waals surface area contributed by atoms with Gasteiger partial charge < -0.3 is 4.90 Å². The van der Waals surface area contributed by atoms with Gasteiger partial charge >= 0.3 is 0 Å². The molecule has 1 aliphatic carbocycles.